The maximum absolute atomic E-state index is 16.6. The number of aromatic amines is 1. The number of hydrogen-bond donors (Lipinski definition) is 2. The van der Waals surface area contributed by atoms with E-state index in [0.29, 0.717) is 28.2 Å². The van der Waals surface area contributed by atoms with Crippen LogP contribution in [0.15, 0.2) is 119 Å². The van der Waals surface area contributed by atoms with Crippen LogP contribution in [-0.2, 0) is 25.4 Å². The summed E-state index contributed by atoms with van der Waals surface area (Å²) in [4.78, 5) is 37.6. The molecule has 0 saturated carbocycles. The second-order valence-corrected chi connectivity index (χ2v) is 13.5. The van der Waals surface area contributed by atoms with E-state index < -0.39 is 63.2 Å². The van der Waals surface area contributed by atoms with E-state index in [2.05, 4.69) is 9.71 Å². The van der Waals surface area contributed by atoms with Crippen molar-refractivity contribution in [2.75, 3.05) is 20.8 Å². The average Bonchev–Trinajstić information content (AvgIpc) is 3.47. The predicted molar refractivity (Wildman–Crippen MR) is 193 cm³/mol. The van der Waals surface area contributed by atoms with Gasteiger partial charge in [-0.25, -0.2) is 9.18 Å². The smallest absolute Gasteiger partial charge is 0.383 e. The van der Waals surface area contributed by atoms with Gasteiger partial charge in [0.15, 0.2) is 12.4 Å². The molecular weight excluding hydrogens is 727 g/mol. The minimum atomic E-state index is -4.84. The molecule has 4 atom stereocenters. The fourth-order valence-electron chi connectivity index (χ4n) is 6.22. The number of nitro benzene ring substituents is 1. The van der Waals surface area contributed by atoms with Crippen molar-refractivity contribution in [2.45, 2.75) is 37.1 Å². The van der Waals surface area contributed by atoms with E-state index in [1.807, 2.05) is 30.3 Å². The van der Waals surface area contributed by atoms with E-state index >= 15 is 4.39 Å². The number of halogens is 1. The molecule has 1 fully saturated rings. The molecule has 1 aliphatic heterocycles. The number of methoxy groups -OCH3 is 2. The molecule has 0 unspecified atom stereocenters. The number of benzene rings is 4. The first-order valence-electron chi connectivity index (χ1n) is 16.4. The highest BCUT2D eigenvalue weighted by Crippen LogP contribution is 2.43. The lowest BCUT2D eigenvalue weighted by molar-refractivity contribution is -0.384. The van der Waals surface area contributed by atoms with Crippen LogP contribution in [-0.4, -0.2) is 62.0 Å². The summed E-state index contributed by atoms with van der Waals surface area (Å²) in [6.07, 6.45) is -4.26. The first-order chi connectivity index (χ1) is 25.8. The zero-order valence-corrected chi connectivity index (χ0v) is 29.9. The van der Waals surface area contributed by atoms with Crippen LogP contribution in [0.5, 0.6) is 17.2 Å². The summed E-state index contributed by atoms with van der Waals surface area (Å²) in [7, 11) is -1.78. The molecule has 0 bridgehead atoms. The van der Waals surface area contributed by atoms with Crippen LogP contribution >= 0.6 is 0 Å². The number of aryl methyl sites for hydroxylation is 1. The number of nitro groups is 1. The average molecular weight is 763 g/mol. The number of rotatable bonds is 14. The normalized spacial score (nSPS) is 18.6. The van der Waals surface area contributed by atoms with Gasteiger partial charge in [-0.2, -0.15) is 13.1 Å². The standard InChI is InChI=1S/C37H35FN4O11S/c1-23-21-41(36(44)39-34(23)43)35-32(38)33(40-54(47,48)53-30-19-13-27(14-20-30)42(45)46)31(52-35)22-51-37(24-7-5-4-6-8-24,25-9-15-28(49-2)16-10-25)26-11-17-29(50-3)18-12-26/h4-21,31-33,35,40H,22H2,1-3H3,(H,39,43,44)/t31-,32-,33-,35-/m1/s1. The van der Waals surface area contributed by atoms with Gasteiger partial charge in [0.25, 0.3) is 11.2 Å². The van der Waals surface area contributed by atoms with Crippen molar-refractivity contribution < 1.29 is 40.9 Å². The molecule has 0 spiro atoms. The van der Waals surface area contributed by atoms with Gasteiger partial charge in [0.2, 0.25) is 0 Å². The van der Waals surface area contributed by atoms with E-state index in [4.69, 9.17) is 23.1 Å². The number of alkyl halides is 1. The number of hydrogen-bond acceptors (Lipinski definition) is 11. The molecule has 5 aromatic rings. The predicted octanol–water partition coefficient (Wildman–Crippen LogP) is 4.30. The van der Waals surface area contributed by atoms with Gasteiger partial charge >= 0.3 is 16.0 Å². The van der Waals surface area contributed by atoms with Crippen LogP contribution in [0.4, 0.5) is 10.1 Å². The van der Waals surface area contributed by atoms with E-state index in [9.17, 15) is 28.1 Å². The summed E-state index contributed by atoms with van der Waals surface area (Å²) in [5, 5.41) is 11.1. The molecule has 54 heavy (non-hydrogen) atoms. The molecule has 4 aromatic carbocycles. The zero-order chi connectivity index (χ0) is 38.6. The Balaban J connectivity index is 1.42. The third-order valence-electron chi connectivity index (χ3n) is 8.92. The van der Waals surface area contributed by atoms with E-state index in [0.717, 1.165) is 35.0 Å². The molecule has 17 heteroatoms. The Kier molecular flexibility index (Phi) is 10.9. The molecule has 0 amide bonds. The molecule has 282 valence electrons. The maximum atomic E-state index is 16.6. The number of ether oxygens (including phenoxy) is 4. The van der Waals surface area contributed by atoms with Gasteiger partial charge in [0.1, 0.15) is 29.0 Å². The minimum Gasteiger partial charge on any atom is -0.497 e. The fourth-order valence-corrected chi connectivity index (χ4v) is 7.25. The van der Waals surface area contributed by atoms with Crippen LogP contribution in [0.25, 0.3) is 0 Å². The van der Waals surface area contributed by atoms with Crippen molar-refractivity contribution in [1.82, 2.24) is 14.3 Å². The quantitative estimate of drug-likeness (QED) is 0.0932. The lowest BCUT2D eigenvalue weighted by atomic mass is 9.80. The molecule has 2 N–H and O–H groups in total. The van der Waals surface area contributed by atoms with Crippen molar-refractivity contribution in [3.05, 3.63) is 163 Å². The summed E-state index contributed by atoms with van der Waals surface area (Å²) >= 11 is 0. The van der Waals surface area contributed by atoms with Crippen LogP contribution in [0, 0.1) is 17.0 Å². The summed E-state index contributed by atoms with van der Waals surface area (Å²) < 4.78 is 75.3. The van der Waals surface area contributed by atoms with Crippen LogP contribution in [0.1, 0.15) is 28.5 Å². The largest absolute Gasteiger partial charge is 0.497 e. The van der Waals surface area contributed by atoms with Gasteiger partial charge in [-0.1, -0.05) is 54.6 Å². The number of nitrogens with one attached hydrogen (secondary N) is 2. The molecule has 1 aromatic heterocycles. The van der Waals surface area contributed by atoms with Gasteiger partial charge in [-0.05, 0) is 60.0 Å². The van der Waals surface area contributed by atoms with Gasteiger partial charge in [-0.3, -0.25) is 24.5 Å². The number of aromatic nitrogens is 2. The maximum Gasteiger partial charge on any atom is 0.383 e. The molecule has 15 nitrogen and oxygen atoms in total. The SMILES string of the molecule is COc1ccc(C(OC[C@H]2O[C@@H](n3cc(C)c(=O)[nH]c3=O)[C@H](F)[C@@H]2NS(=O)(=O)Oc2ccc([N+](=O)[O-])cc2)(c2ccccc2)c2ccc(OC)cc2)cc1. The molecule has 1 saturated heterocycles. The van der Waals surface area contributed by atoms with Crippen LogP contribution < -0.4 is 29.6 Å². The molecule has 6 rings (SSSR count). The summed E-state index contributed by atoms with van der Waals surface area (Å²) in [6.45, 7) is 0.944. The Morgan fingerprint density at radius 2 is 1.41 bits per heavy atom. The van der Waals surface area contributed by atoms with Crippen LogP contribution in [0.3, 0.4) is 0 Å². The highest BCUT2D eigenvalue weighted by atomic mass is 32.2. The lowest BCUT2D eigenvalue weighted by Gasteiger charge is -2.37. The monoisotopic (exact) mass is 762 g/mol. The topological polar surface area (TPSA) is 190 Å². The second-order valence-electron chi connectivity index (χ2n) is 12.2. The van der Waals surface area contributed by atoms with Crippen molar-refractivity contribution in [2.24, 2.45) is 0 Å². The van der Waals surface area contributed by atoms with E-state index in [1.165, 1.54) is 21.1 Å². The number of non-ortho nitro benzene ring substituents is 1. The minimum absolute atomic E-state index is 0.0749. The van der Waals surface area contributed by atoms with Gasteiger partial charge in [-0.15, -0.1) is 0 Å². The van der Waals surface area contributed by atoms with E-state index in [1.54, 1.807) is 48.5 Å². The lowest BCUT2D eigenvalue weighted by Crippen LogP contribution is -2.49. The van der Waals surface area contributed by atoms with Crippen molar-refractivity contribution in [1.29, 1.82) is 0 Å². The summed E-state index contributed by atoms with van der Waals surface area (Å²) in [5.41, 5.74) is -1.43. The first kappa shape index (κ1) is 37.9. The third kappa shape index (κ3) is 7.74. The van der Waals surface area contributed by atoms with Crippen molar-refractivity contribution >= 4 is 16.0 Å². The third-order valence-corrected chi connectivity index (χ3v) is 9.89. The van der Waals surface area contributed by atoms with E-state index in [-0.39, 0.29) is 17.0 Å². The molecule has 0 aliphatic carbocycles. The van der Waals surface area contributed by atoms with Crippen molar-refractivity contribution in [3.8, 4) is 17.2 Å². The number of nitrogens with zero attached hydrogens (tertiary/aromatic N) is 2. The molecule has 2 heterocycles. The molecular formula is C37H35FN4O11S. The Labute approximate surface area is 308 Å². The summed E-state index contributed by atoms with van der Waals surface area (Å²) in [5.74, 6) is 0.852. The molecule has 1 aliphatic rings. The van der Waals surface area contributed by atoms with Crippen LogP contribution in [0.2, 0.25) is 0 Å². The van der Waals surface area contributed by atoms with Gasteiger partial charge in [0.05, 0.1) is 31.8 Å². The van der Waals surface area contributed by atoms with Crippen molar-refractivity contribution in [3.63, 3.8) is 0 Å². The Morgan fingerprint density at radius 1 is 0.870 bits per heavy atom. The second kappa shape index (κ2) is 15.6. The van der Waals surface area contributed by atoms with Gasteiger partial charge < -0.3 is 23.1 Å². The molecule has 0 radical (unpaired) electrons. The Hall–Kier alpha value is -5.88. The fraction of sp³-hybridized carbons (Fsp3) is 0.243. The Bertz CT molecular complexity index is 2270. The highest BCUT2D eigenvalue weighted by Gasteiger charge is 2.50. The summed E-state index contributed by atoms with van der Waals surface area (Å²) in [6, 6.07) is 25.8. The number of H-pyrrole nitrogens is 1. The highest BCUT2D eigenvalue weighted by molar-refractivity contribution is 7.85. The Morgan fingerprint density at radius 3 is 1.94 bits per heavy atom. The first-order valence-corrected chi connectivity index (χ1v) is 17.8. The zero-order valence-electron chi connectivity index (χ0n) is 29.1. The van der Waals surface area contributed by atoms with Gasteiger partial charge in [0, 0.05) is 23.9 Å².